The molecule has 27 heavy (non-hydrogen) atoms. The zero-order valence-corrected chi connectivity index (χ0v) is 15.4. The summed E-state index contributed by atoms with van der Waals surface area (Å²) in [5, 5.41) is 12.4. The van der Waals surface area contributed by atoms with Gasteiger partial charge in [-0.05, 0) is 53.6 Å². The highest BCUT2D eigenvalue weighted by Crippen LogP contribution is 2.39. The van der Waals surface area contributed by atoms with E-state index in [2.05, 4.69) is 15.5 Å². The second-order valence-electron chi connectivity index (χ2n) is 6.85. The summed E-state index contributed by atoms with van der Waals surface area (Å²) < 4.78 is 6.92. The molecule has 1 amide bonds. The molecule has 1 fully saturated rings. The molecule has 1 saturated heterocycles. The maximum atomic E-state index is 12.7. The lowest BCUT2D eigenvalue weighted by Crippen LogP contribution is -2.42. The number of rotatable bonds is 5. The van der Waals surface area contributed by atoms with Gasteiger partial charge in [0, 0.05) is 13.0 Å². The maximum absolute atomic E-state index is 12.7. The Morgan fingerprint density at radius 3 is 2.56 bits per heavy atom. The Morgan fingerprint density at radius 2 is 1.85 bits per heavy atom. The van der Waals surface area contributed by atoms with Gasteiger partial charge in [0.25, 0.3) is 0 Å². The molecule has 3 aromatic rings. The number of methoxy groups -OCH3 is 1. The molecule has 0 bridgehead atoms. The Kier molecular flexibility index (Phi) is 4.35. The number of nitrogens with zero attached hydrogens (tertiary/aromatic N) is 5. The molecule has 0 aliphatic carbocycles. The van der Waals surface area contributed by atoms with Crippen molar-refractivity contribution in [2.24, 2.45) is 0 Å². The van der Waals surface area contributed by atoms with Crippen molar-refractivity contribution in [1.29, 1.82) is 0 Å². The summed E-state index contributed by atoms with van der Waals surface area (Å²) in [5.74, 6) is 1.54. The quantitative estimate of drug-likeness (QED) is 0.697. The summed E-state index contributed by atoms with van der Waals surface area (Å²) in [4.78, 5) is 14.5. The third-order valence-corrected chi connectivity index (χ3v) is 5.17. The number of carbonyl (C=O) groups is 1. The summed E-state index contributed by atoms with van der Waals surface area (Å²) in [6, 6.07) is 17.5. The van der Waals surface area contributed by atoms with Crippen molar-refractivity contribution >= 4 is 5.91 Å². The highest BCUT2D eigenvalue weighted by Gasteiger charge is 2.46. The first-order valence-electron chi connectivity index (χ1n) is 8.89. The van der Waals surface area contributed by atoms with E-state index in [0.29, 0.717) is 25.2 Å². The fraction of sp³-hybridized carbons (Fsp3) is 0.300. The van der Waals surface area contributed by atoms with E-state index in [9.17, 15) is 4.79 Å². The predicted octanol–water partition coefficient (Wildman–Crippen LogP) is 2.71. The molecular formula is C20H21N5O2. The highest BCUT2D eigenvalue weighted by atomic mass is 16.5. The minimum Gasteiger partial charge on any atom is -0.497 e. The standard InChI is InChI=1S/C20H21N5O2/c1-20(13-12-18(26)24(20)14-15-6-4-3-5-7-15)19-21-22-23-25(19)16-8-10-17(27-2)11-9-16/h3-11H,12-14H2,1-2H3. The van der Waals surface area contributed by atoms with Crippen LogP contribution in [0.2, 0.25) is 0 Å². The largest absolute Gasteiger partial charge is 0.497 e. The van der Waals surface area contributed by atoms with Gasteiger partial charge in [0.05, 0.1) is 12.8 Å². The average molecular weight is 363 g/mol. The summed E-state index contributed by atoms with van der Waals surface area (Å²) in [6.45, 7) is 2.57. The number of tetrazole rings is 1. The van der Waals surface area contributed by atoms with Crippen molar-refractivity contribution < 1.29 is 9.53 Å². The Labute approximate surface area is 157 Å². The number of carbonyl (C=O) groups excluding carboxylic acids is 1. The predicted molar refractivity (Wildman–Crippen MR) is 99.3 cm³/mol. The third kappa shape index (κ3) is 3.05. The van der Waals surface area contributed by atoms with Crippen LogP contribution in [0.3, 0.4) is 0 Å². The molecule has 0 radical (unpaired) electrons. The molecule has 138 valence electrons. The van der Waals surface area contributed by atoms with E-state index in [1.165, 1.54) is 0 Å². The normalized spacial score (nSPS) is 19.5. The number of hydrogen-bond donors (Lipinski definition) is 0. The molecule has 1 aromatic heterocycles. The fourth-order valence-electron chi connectivity index (χ4n) is 3.58. The number of amides is 1. The fourth-order valence-corrected chi connectivity index (χ4v) is 3.58. The SMILES string of the molecule is COc1ccc(-n2nnnc2C2(C)CCC(=O)N2Cc2ccccc2)cc1. The molecule has 2 heterocycles. The number of likely N-dealkylation sites (tertiary alicyclic amines) is 1. The molecule has 7 nitrogen and oxygen atoms in total. The lowest BCUT2D eigenvalue weighted by atomic mass is 9.97. The minimum absolute atomic E-state index is 0.116. The van der Waals surface area contributed by atoms with Crippen molar-refractivity contribution in [3.05, 3.63) is 66.0 Å². The van der Waals surface area contributed by atoms with E-state index in [4.69, 9.17) is 4.74 Å². The van der Waals surface area contributed by atoms with Crippen LogP contribution in [-0.4, -0.2) is 38.1 Å². The van der Waals surface area contributed by atoms with Crippen molar-refractivity contribution in [2.45, 2.75) is 31.8 Å². The molecule has 1 aliphatic heterocycles. The molecule has 0 spiro atoms. The van der Waals surface area contributed by atoms with E-state index < -0.39 is 5.54 Å². The van der Waals surface area contributed by atoms with E-state index in [0.717, 1.165) is 17.0 Å². The lowest BCUT2D eigenvalue weighted by Gasteiger charge is -2.34. The van der Waals surface area contributed by atoms with Crippen LogP contribution in [-0.2, 0) is 16.9 Å². The lowest BCUT2D eigenvalue weighted by molar-refractivity contribution is -0.132. The van der Waals surface area contributed by atoms with Crippen LogP contribution < -0.4 is 4.74 Å². The monoisotopic (exact) mass is 363 g/mol. The molecule has 0 N–H and O–H groups in total. The zero-order valence-electron chi connectivity index (χ0n) is 15.4. The van der Waals surface area contributed by atoms with Crippen LogP contribution >= 0.6 is 0 Å². The Bertz CT molecular complexity index is 939. The van der Waals surface area contributed by atoms with Crippen molar-refractivity contribution in [3.63, 3.8) is 0 Å². The number of aromatic nitrogens is 4. The number of benzene rings is 2. The zero-order chi connectivity index (χ0) is 18.9. The molecule has 1 aliphatic rings. The molecule has 1 unspecified atom stereocenters. The van der Waals surface area contributed by atoms with Gasteiger partial charge in [0.15, 0.2) is 5.82 Å². The van der Waals surface area contributed by atoms with Crippen molar-refractivity contribution in [2.75, 3.05) is 7.11 Å². The van der Waals surface area contributed by atoms with Crippen LogP contribution in [0.5, 0.6) is 5.75 Å². The van der Waals surface area contributed by atoms with Crippen LogP contribution in [0, 0.1) is 0 Å². The smallest absolute Gasteiger partial charge is 0.223 e. The molecule has 4 rings (SSSR count). The Morgan fingerprint density at radius 1 is 1.11 bits per heavy atom. The molecular weight excluding hydrogens is 342 g/mol. The van der Waals surface area contributed by atoms with Crippen molar-refractivity contribution in [3.8, 4) is 11.4 Å². The van der Waals surface area contributed by atoms with Crippen molar-refractivity contribution in [1.82, 2.24) is 25.1 Å². The van der Waals surface area contributed by atoms with Crippen LogP contribution in [0.25, 0.3) is 5.69 Å². The van der Waals surface area contributed by atoms with E-state index in [1.807, 2.05) is 66.4 Å². The van der Waals surface area contributed by atoms with Gasteiger partial charge in [0.1, 0.15) is 11.3 Å². The molecule has 2 aromatic carbocycles. The van der Waals surface area contributed by atoms with Gasteiger partial charge < -0.3 is 9.64 Å². The summed E-state index contributed by atoms with van der Waals surface area (Å²) in [6.07, 6.45) is 1.16. The third-order valence-electron chi connectivity index (χ3n) is 5.17. The minimum atomic E-state index is -0.573. The first-order valence-corrected chi connectivity index (χ1v) is 8.89. The maximum Gasteiger partial charge on any atom is 0.223 e. The van der Waals surface area contributed by atoms with Crippen LogP contribution in [0.1, 0.15) is 31.2 Å². The molecule has 1 atom stereocenters. The topological polar surface area (TPSA) is 73.1 Å². The summed E-state index contributed by atoms with van der Waals surface area (Å²) in [7, 11) is 1.63. The van der Waals surface area contributed by atoms with Gasteiger partial charge in [0.2, 0.25) is 5.91 Å². The van der Waals surface area contributed by atoms with Crippen LogP contribution in [0.4, 0.5) is 0 Å². The van der Waals surface area contributed by atoms with E-state index in [1.54, 1.807) is 11.8 Å². The van der Waals surface area contributed by atoms with Gasteiger partial charge in [-0.3, -0.25) is 4.79 Å². The summed E-state index contributed by atoms with van der Waals surface area (Å²) >= 11 is 0. The second-order valence-corrected chi connectivity index (χ2v) is 6.85. The Balaban J connectivity index is 1.71. The van der Waals surface area contributed by atoms with Gasteiger partial charge in [-0.15, -0.1) is 5.10 Å². The first-order chi connectivity index (χ1) is 13.1. The van der Waals surface area contributed by atoms with Gasteiger partial charge in [-0.1, -0.05) is 30.3 Å². The average Bonchev–Trinajstić information content (AvgIpc) is 3.31. The number of ether oxygens (including phenoxy) is 1. The first kappa shape index (κ1) is 17.2. The molecule has 7 heteroatoms. The van der Waals surface area contributed by atoms with Gasteiger partial charge in [-0.25, -0.2) is 0 Å². The second kappa shape index (κ2) is 6.83. The van der Waals surface area contributed by atoms with Gasteiger partial charge >= 0.3 is 0 Å². The molecule has 0 saturated carbocycles. The van der Waals surface area contributed by atoms with E-state index >= 15 is 0 Å². The highest BCUT2D eigenvalue weighted by molar-refractivity contribution is 5.79. The van der Waals surface area contributed by atoms with Crippen LogP contribution in [0.15, 0.2) is 54.6 Å². The Hall–Kier alpha value is -3.22. The number of hydrogen-bond acceptors (Lipinski definition) is 5. The summed E-state index contributed by atoms with van der Waals surface area (Å²) in [5.41, 5.74) is 1.34. The van der Waals surface area contributed by atoms with Gasteiger partial charge in [-0.2, -0.15) is 4.68 Å². The van der Waals surface area contributed by atoms with E-state index in [-0.39, 0.29) is 5.91 Å².